The van der Waals surface area contributed by atoms with E-state index in [4.69, 9.17) is 39.5 Å². The van der Waals surface area contributed by atoms with Gasteiger partial charge in [-0.25, -0.2) is 14.8 Å². The Bertz CT molecular complexity index is 1090. The second kappa shape index (κ2) is 9.09. The van der Waals surface area contributed by atoms with Crippen molar-refractivity contribution in [3.63, 3.8) is 0 Å². The van der Waals surface area contributed by atoms with E-state index < -0.39 is 5.97 Å². The molecule has 3 rings (SSSR count). The summed E-state index contributed by atoms with van der Waals surface area (Å²) in [5, 5.41) is 2.27. The molecule has 0 aliphatic carbocycles. The van der Waals surface area contributed by atoms with E-state index in [2.05, 4.69) is 9.97 Å². The van der Waals surface area contributed by atoms with E-state index in [0.717, 1.165) is 5.56 Å². The number of carbonyl (C=O) groups excluding carboxylic acids is 2. The summed E-state index contributed by atoms with van der Waals surface area (Å²) < 4.78 is 5.22. The molecule has 0 radical (unpaired) electrons. The first-order valence-electron chi connectivity index (χ1n) is 8.26. The van der Waals surface area contributed by atoms with E-state index in [0.29, 0.717) is 16.5 Å². The first kappa shape index (κ1) is 21.5. The van der Waals surface area contributed by atoms with Gasteiger partial charge in [-0.3, -0.25) is 9.69 Å². The minimum absolute atomic E-state index is 0.0292. The SMILES string of the molecule is CC(=O)N(c1cccc(C)c1)c1nc(COC(=O)c2ncc(Cl)c(Cl)c2Cl)cs1. The number of esters is 1. The Morgan fingerprint density at radius 3 is 2.66 bits per heavy atom. The Morgan fingerprint density at radius 1 is 1.21 bits per heavy atom. The molecule has 3 aromatic rings. The van der Waals surface area contributed by atoms with Crippen molar-refractivity contribution in [1.82, 2.24) is 9.97 Å². The zero-order valence-corrected chi connectivity index (χ0v) is 18.4. The number of benzene rings is 1. The molecule has 2 heterocycles. The van der Waals surface area contributed by atoms with Crippen LogP contribution in [0.5, 0.6) is 0 Å². The number of amides is 1. The van der Waals surface area contributed by atoms with Gasteiger partial charge in [0.15, 0.2) is 10.8 Å². The minimum Gasteiger partial charge on any atom is -0.454 e. The van der Waals surface area contributed by atoms with Crippen molar-refractivity contribution in [1.29, 1.82) is 0 Å². The third kappa shape index (κ3) is 4.87. The summed E-state index contributed by atoms with van der Waals surface area (Å²) in [7, 11) is 0. The second-order valence-electron chi connectivity index (χ2n) is 5.97. The summed E-state index contributed by atoms with van der Waals surface area (Å²) in [5.74, 6) is -0.939. The van der Waals surface area contributed by atoms with Crippen LogP contribution in [0.25, 0.3) is 0 Å². The number of anilines is 2. The third-order valence-corrected chi connectivity index (χ3v) is 5.88. The van der Waals surface area contributed by atoms with Crippen LogP contribution in [0.4, 0.5) is 10.8 Å². The molecule has 0 aliphatic rings. The van der Waals surface area contributed by atoms with Gasteiger partial charge in [0.1, 0.15) is 6.61 Å². The number of carbonyl (C=O) groups is 2. The van der Waals surface area contributed by atoms with Crippen LogP contribution >= 0.6 is 46.1 Å². The van der Waals surface area contributed by atoms with Gasteiger partial charge >= 0.3 is 5.97 Å². The highest BCUT2D eigenvalue weighted by Crippen LogP contribution is 2.32. The molecule has 0 bridgehead atoms. The molecule has 0 unspecified atom stereocenters. The molecule has 0 fully saturated rings. The minimum atomic E-state index is -0.759. The van der Waals surface area contributed by atoms with Crippen molar-refractivity contribution in [3.8, 4) is 0 Å². The Hall–Kier alpha value is -2.19. The average Bonchev–Trinajstić information content (AvgIpc) is 3.12. The van der Waals surface area contributed by atoms with Crippen LogP contribution in [0, 0.1) is 6.92 Å². The number of nitrogens with zero attached hydrogens (tertiary/aromatic N) is 3. The predicted molar refractivity (Wildman–Crippen MR) is 114 cm³/mol. The number of aromatic nitrogens is 2. The normalized spacial score (nSPS) is 10.7. The zero-order valence-electron chi connectivity index (χ0n) is 15.3. The summed E-state index contributed by atoms with van der Waals surface area (Å²) >= 11 is 19.0. The lowest BCUT2D eigenvalue weighted by atomic mass is 10.2. The molecular formula is C19H14Cl3N3O3S. The van der Waals surface area contributed by atoms with Crippen LogP contribution in [0.15, 0.2) is 35.8 Å². The molecule has 0 saturated carbocycles. The van der Waals surface area contributed by atoms with Crippen molar-refractivity contribution in [3.05, 3.63) is 67.9 Å². The molecule has 0 atom stereocenters. The van der Waals surface area contributed by atoms with E-state index in [1.54, 1.807) is 5.38 Å². The van der Waals surface area contributed by atoms with Gasteiger partial charge in [0.25, 0.3) is 0 Å². The third-order valence-electron chi connectivity index (χ3n) is 3.77. The van der Waals surface area contributed by atoms with Crippen LogP contribution in [0.1, 0.15) is 28.7 Å². The number of thiazole rings is 1. The van der Waals surface area contributed by atoms with Crippen LogP contribution in [0.2, 0.25) is 15.1 Å². The molecule has 10 heteroatoms. The van der Waals surface area contributed by atoms with Crippen LogP contribution < -0.4 is 4.90 Å². The zero-order chi connectivity index (χ0) is 21.1. The average molecular weight is 471 g/mol. The predicted octanol–water partition coefficient (Wildman–Crippen LogP) is 5.85. The summed E-state index contributed by atoms with van der Waals surface area (Å²) in [5.41, 5.74) is 2.07. The van der Waals surface area contributed by atoms with Gasteiger partial charge in [0, 0.05) is 18.5 Å². The lowest BCUT2D eigenvalue weighted by Gasteiger charge is -2.18. The number of rotatable bonds is 5. The molecule has 0 aliphatic heterocycles. The summed E-state index contributed by atoms with van der Waals surface area (Å²) in [4.78, 5) is 34.2. The Balaban J connectivity index is 1.75. The molecule has 2 aromatic heterocycles. The van der Waals surface area contributed by atoms with E-state index >= 15 is 0 Å². The molecule has 1 amide bonds. The van der Waals surface area contributed by atoms with Crippen LogP contribution in [-0.2, 0) is 16.1 Å². The number of hydrogen-bond donors (Lipinski definition) is 0. The topological polar surface area (TPSA) is 72.4 Å². The summed E-state index contributed by atoms with van der Waals surface area (Å²) in [6.07, 6.45) is 1.22. The fourth-order valence-electron chi connectivity index (χ4n) is 2.45. The van der Waals surface area contributed by atoms with Gasteiger partial charge in [-0.1, -0.05) is 46.9 Å². The smallest absolute Gasteiger partial charge is 0.358 e. The monoisotopic (exact) mass is 469 g/mol. The molecule has 0 spiro atoms. The maximum atomic E-state index is 12.3. The van der Waals surface area contributed by atoms with Gasteiger partial charge in [-0.15, -0.1) is 11.3 Å². The van der Waals surface area contributed by atoms with Gasteiger partial charge < -0.3 is 4.74 Å². The van der Waals surface area contributed by atoms with Gasteiger partial charge in [0.2, 0.25) is 5.91 Å². The fourth-order valence-corrected chi connectivity index (χ4v) is 3.88. The van der Waals surface area contributed by atoms with E-state index in [1.807, 2.05) is 31.2 Å². The standard InChI is InChI=1S/C19H14Cl3N3O3S/c1-10-4-3-5-13(6-10)25(11(2)26)19-24-12(9-29-19)8-28-18(27)17-16(22)15(21)14(20)7-23-17/h3-7,9H,8H2,1-2H3. The number of aryl methyl sites for hydroxylation is 1. The maximum absolute atomic E-state index is 12.3. The quantitative estimate of drug-likeness (QED) is 0.437. The molecule has 0 N–H and O–H groups in total. The van der Waals surface area contributed by atoms with Crippen molar-refractivity contribution in [2.45, 2.75) is 20.5 Å². The summed E-state index contributed by atoms with van der Waals surface area (Å²) in [6.45, 7) is 3.28. The highest BCUT2D eigenvalue weighted by Gasteiger charge is 2.21. The van der Waals surface area contributed by atoms with Crippen molar-refractivity contribution in [2.75, 3.05) is 4.90 Å². The van der Waals surface area contributed by atoms with Gasteiger partial charge in [-0.2, -0.15) is 0 Å². The van der Waals surface area contributed by atoms with Crippen LogP contribution in [-0.4, -0.2) is 21.8 Å². The van der Waals surface area contributed by atoms with E-state index in [9.17, 15) is 9.59 Å². The molecule has 1 aromatic carbocycles. The lowest BCUT2D eigenvalue weighted by Crippen LogP contribution is -2.22. The number of ether oxygens (including phenoxy) is 1. The highest BCUT2D eigenvalue weighted by atomic mass is 35.5. The number of halogens is 3. The Kier molecular flexibility index (Phi) is 6.74. The van der Waals surface area contributed by atoms with E-state index in [1.165, 1.54) is 29.4 Å². The molecule has 150 valence electrons. The van der Waals surface area contributed by atoms with Gasteiger partial charge in [0.05, 0.1) is 26.4 Å². The Labute approximate surface area is 186 Å². The first-order chi connectivity index (χ1) is 13.8. The van der Waals surface area contributed by atoms with Crippen molar-refractivity contribution < 1.29 is 14.3 Å². The fraction of sp³-hybridized carbons (Fsp3) is 0.158. The molecule has 0 saturated heterocycles. The first-order valence-corrected chi connectivity index (χ1v) is 10.3. The second-order valence-corrected chi connectivity index (χ2v) is 7.97. The van der Waals surface area contributed by atoms with Crippen LogP contribution in [0.3, 0.4) is 0 Å². The Morgan fingerprint density at radius 2 is 1.97 bits per heavy atom. The number of pyridine rings is 1. The summed E-state index contributed by atoms with van der Waals surface area (Å²) in [6, 6.07) is 7.52. The molecule has 6 nitrogen and oxygen atoms in total. The highest BCUT2D eigenvalue weighted by molar-refractivity contribution is 7.14. The van der Waals surface area contributed by atoms with E-state index in [-0.39, 0.29) is 33.3 Å². The maximum Gasteiger partial charge on any atom is 0.358 e. The molecule has 29 heavy (non-hydrogen) atoms. The molecular weight excluding hydrogens is 457 g/mol. The van der Waals surface area contributed by atoms with Crippen molar-refractivity contribution in [2.24, 2.45) is 0 Å². The lowest BCUT2D eigenvalue weighted by molar-refractivity contribution is -0.115. The van der Waals surface area contributed by atoms with Gasteiger partial charge in [-0.05, 0) is 24.6 Å². The largest absolute Gasteiger partial charge is 0.454 e. The number of hydrogen-bond acceptors (Lipinski definition) is 6. The van der Waals surface area contributed by atoms with Crippen molar-refractivity contribution >= 4 is 68.8 Å².